The molecule has 0 heterocycles. The summed E-state index contributed by atoms with van der Waals surface area (Å²) in [5.41, 5.74) is 1.55. The number of carbonyl (C=O) groups is 4. The lowest BCUT2D eigenvalue weighted by atomic mass is 9.90. The summed E-state index contributed by atoms with van der Waals surface area (Å²) in [5, 5.41) is 28.7. The van der Waals surface area contributed by atoms with E-state index >= 15 is 0 Å². The van der Waals surface area contributed by atoms with Gasteiger partial charge < -0.3 is 24.8 Å². The van der Waals surface area contributed by atoms with Crippen LogP contribution < -0.4 is 9.47 Å². The Labute approximate surface area is 193 Å². The van der Waals surface area contributed by atoms with Crippen molar-refractivity contribution < 1.29 is 44.0 Å². The molecule has 9 heteroatoms. The number of carboxylic acids is 2. The molecule has 0 aliphatic heterocycles. The summed E-state index contributed by atoms with van der Waals surface area (Å²) >= 11 is 0. The predicted molar refractivity (Wildman–Crippen MR) is 117 cm³/mol. The maximum Gasteiger partial charge on any atom is 0.332 e. The molecule has 9 nitrogen and oxygen atoms in total. The molecule has 0 aromatic heterocycles. The summed E-state index contributed by atoms with van der Waals surface area (Å²) in [6.45, 7) is -0.434. The molecule has 2 aliphatic rings. The molecule has 3 N–H and O–H groups in total. The standard InChI is InChI=1S/C25H20O9/c26-17(11-33-20-5-1-3-13-7-15(24(29)30)9-18(27)22(13)20)12-34-21-6-2-4-14-8-16(25(31)32)10-19(28)23(14)21/h1-6,9-10,17,26H,7-8,11-12H2,(H,29,30)(H,31,32). The quantitative estimate of drug-likeness (QED) is 0.533. The number of ether oxygens (including phenoxy) is 2. The van der Waals surface area contributed by atoms with E-state index in [1.54, 1.807) is 36.4 Å². The lowest BCUT2D eigenvalue weighted by Gasteiger charge is -2.20. The first-order valence-corrected chi connectivity index (χ1v) is 10.4. The van der Waals surface area contributed by atoms with E-state index in [-0.39, 0.29) is 59.8 Å². The van der Waals surface area contributed by atoms with Crippen molar-refractivity contribution in [1.29, 1.82) is 0 Å². The molecule has 0 saturated heterocycles. The molecule has 0 saturated carbocycles. The molecular formula is C25H20O9. The lowest BCUT2D eigenvalue weighted by molar-refractivity contribution is -0.133. The third-order valence-electron chi connectivity index (χ3n) is 5.50. The van der Waals surface area contributed by atoms with Gasteiger partial charge in [-0.2, -0.15) is 0 Å². The number of carbonyl (C=O) groups excluding carboxylic acids is 2. The van der Waals surface area contributed by atoms with Gasteiger partial charge in [0.05, 0.1) is 11.1 Å². The average Bonchev–Trinajstić information content (AvgIpc) is 2.80. The molecule has 2 aromatic rings. The number of benzene rings is 2. The van der Waals surface area contributed by atoms with Crippen LogP contribution in [0.5, 0.6) is 11.5 Å². The first-order valence-electron chi connectivity index (χ1n) is 10.4. The summed E-state index contributed by atoms with van der Waals surface area (Å²) in [4.78, 5) is 47.3. The summed E-state index contributed by atoms with van der Waals surface area (Å²) in [5.74, 6) is -2.84. The van der Waals surface area contributed by atoms with Crippen LogP contribution >= 0.6 is 0 Å². The molecule has 0 amide bonds. The average molecular weight is 464 g/mol. The highest BCUT2D eigenvalue weighted by Gasteiger charge is 2.26. The minimum atomic E-state index is -1.16. The minimum absolute atomic E-state index is 0.00542. The van der Waals surface area contributed by atoms with Gasteiger partial charge in [0, 0.05) is 24.0 Å². The molecule has 0 unspecified atom stereocenters. The van der Waals surface area contributed by atoms with Gasteiger partial charge in [-0.3, -0.25) is 9.59 Å². The highest BCUT2D eigenvalue weighted by Crippen LogP contribution is 2.31. The summed E-state index contributed by atoms with van der Waals surface area (Å²) in [7, 11) is 0. The summed E-state index contributed by atoms with van der Waals surface area (Å²) < 4.78 is 11.3. The smallest absolute Gasteiger partial charge is 0.332 e. The Balaban J connectivity index is 1.41. The lowest BCUT2D eigenvalue weighted by Crippen LogP contribution is -2.26. The second kappa shape index (κ2) is 9.32. The van der Waals surface area contributed by atoms with E-state index in [0.717, 1.165) is 12.2 Å². The van der Waals surface area contributed by atoms with Crippen LogP contribution in [0.15, 0.2) is 59.7 Å². The number of ketones is 2. The molecule has 2 aromatic carbocycles. The van der Waals surface area contributed by atoms with Crippen molar-refractivity contribution in [3.8, 4) is 11.5 Å². The molecule has 174 valence electrons. The molecule has 34 heavy (non-hydrogen) atoms. The fraction of sp³-hybridized carbons (Fsp3) is 0.200. The highest BCUT2D eigenvalue weighted by atomic mass is 16.5. The van der Waals surface area contributed by atoms with Crippen molar-refractivity contribution >= 4 is 23.5 Å². The number of allylic oxidation sites excluding steroid dienone is 2. The molecule has 0 radical (unpaired) electrons. The van der Waals surface area contributed by atoms with Gasteiger partial charge in [0.1, 0.15) is 30.8 Å². The van der Waals surface area contributed by atoms with Gasteiger partial charge in [-0.25, -0.2) is 9.59 Å². The fourth-order valence-corrected chi connectivity index (χ4v) is 3.92. The van der Waals surface area contributed by atoms with Gasteiger partial charge >= 0.3 is 11.9 Å². The van der Waals surface area contributed by atoms with Crippen molar-refractivity contribution in [2.24, 2.45) is 0 Å². The first kappa shape index (κ1) is 22.9. The van der Waals surface area contributed by atoms with Crippen LogP contribution in [-0.4, -0.2) is 58.1 Å². The van der Waals surface area contributed by atoms with Gasteiger partial charge in [0.2, 0.25) is 0 Å². The largest absolute Gasteiger partial charge is 0.490 e. The van der Waals surface area contributed by atoms with Gasteiger partial charge in [-0.15, -0.1) is 0 Å². The van der Waals surface area contributed by atoms with E-state index in [0.29, 0.717) is 11.1 Å². The van der Waals surface area contributed by atoms with Gasteiger partial charge in [0.25, 0.3) is 0 Å². The number of aliphatic hydroxyl groups is 1. The van der Waals surface area contributed by atoms with Gasteiger partial charge in [0.15, 0.2) is 11.6 Å². The SMILES string of the molecule is O=C(O)C1=CC(=O)c2c(cccc2OCC(O)COc2cccc3c2C(=O)C=C(C(=O)O)C3)C1. The van der Waals surface area contributed by atoms with Gasteiger partial charge in [-0.1, -0.05) is 24.3 Å². The Bertz CT molecular complexity index is 1170. The summed E-state index contributed by atoms with van der Waals surface area (Å²) in [6.07, 6.45) is 1.20. The van der Waals surface area contributed by atoms with E-state index in [4.69, 9.17) is 19.7 Å². The number of hydrogen-bond donors (Lipinski definition) is 3. The number of carboxylic acid groups (broad SMARTS) is 2. The number of hydrogen-bond acceptors (Lipinski definition) is 7. The van der Waals surface area contributed by atoms with Crippen molar-refractivity contribution in [2.45, 2.75) is 18.9 Å². The first-order chi connectivity index (χ1) is 16.2. The van der Waals surface area contributed by atoms with Crippen molar-refractivity contribution in [3.63, 3.8) is 0 Å². The molecule has 4 rings (SSSR count). The number of aliphatic hydroxyl groups excluding tert-OH is 1. The zero-order valence-corrected chi connectivity index (χ0v) is 17.8. The minimum Gasteiger partial charge on any atom is -0.490 e. The van der Waals surface area contributed by atoms with E-state index in [2.05, 4.69) is 0 Å². The highest BCUT2D eigenvalue weighted by molar-refractivity contribution is 6.13. The normalized spacial score (nSPS) is 14.6. The Morgan fingerprint density at radius 2 is 1.18 bits per heavy atom. The van der Waals surface area contributed by atoms with E-state index in [1.165, 1.54) is 0 Å². The van der Waals surface area contributed by atoms with Crippen LogP contribution in [-0.2, 0) is 22.4 Å². The van der Waals surface area contributed by atoms with E-state index < -0.39 is 29.6 Å². The zero-order chi connectivity index (χ0) is 24.4. The Hall–Kier alpha value is -4.24. The van der Waals surface area contributed by atoms with Crippen LogP contribution in [0.1, 0.15) is 31.8 Å². The van der Waals surface area contributed by atoms with Crippen LogP contribution in [0.4, 0.5) is 0 Å². The molecule has 2 aliphatic carbocycles. The predicted octanol–water partition coefficient (Wildman–Crippen LogP) is 2.00. The molecular weight excluding hydrogens is 444 g/mol. The Kier molecular flexibility index (Phi) is 6.29. The van der Waals surface area contributed by atoms with Crippen LogP contribution in [0.25, 0.3) is 0 Å². The maximum atomic E-state index is 12.4. The Morgan fingerprint density at radius 1 is 0.765 bits per heavy atom. The fourth-order valence-electron chi connectivity index (χ4n) is 3.92. The maximum absolute atomic E-state index is 12.4. The Morgan fingerprint density at radius 3 is 1.56 bits per heavy atom. The molecule has 0 atom stereocenters. The number of fused-ring (bicyclic) bond motifs is 2. The van der Waals surface area contributed by atoms with Crippen LogP contribution in [0.3, 0.4) is 0 Å². The van der Waals surface area contributed by atoms with Crippen LogP contribution in [0, 0.1) is 0 Å². The summed E-state index contributed by atoms with van der Waals surface area (Å²) in [6, 6.07) is 9.68. The van der Waals surface area contributed by atoms with Gasteiger partial charge in [-0.05, 0) is 35.4 Å². The third kappa shape index (κ3) is 4.60. The number of rotatable bonds is 8. The third-order valence-corrected chi connectivity index (χ3v) is 5.50. The van der Waals surface area contributed by atoms with Crippen molar-refractivity contribution in [2.75, 3.05) is 13.2 Å². The topological polar surface area (TPSA) is 147 Å². The molecule has 0 fully saturated rings. The van der Waals surface area contributed by atoms with E-state index in [9.17, 15) is 24.3 Å². The second-order valence-corrected chi connectivity index (χ2v) is 7.89. The second-order valence-electron chi connectivity index (χ2n) is 7.89. The van der Waals surface area contributed by atoms with Crippen LogP contribution in [0.2, 0.25) is 0 Å². The number of aliphatic carboxylic acids is 2. The van der Waals surface area contributed by atoms with E-state index in [1.807, 2.05) is 0 Å². The molecule has 0 spiro atoms. The van der Waals surface area contributed by atoms with Crippen molar-refractivity contribution in [3.05, 3.63) is 82.0 Å². The monoisotopic (exact) mass is 464 g/mol. The molecule has 0 bridgehead atoms. The zero-order valence-electron chi connectivity index (χ0n) is 17.8. The van der Waals surface area contributed by atoms with Crippen molar-refractivity contribution in [1.82, 2.24) is 0 Å².